The van der Waals surface area contributed by atoms with Crippen LogP contribution in [0.1, 0.15) is 26.2 Å². The van der Waals surface area contributed by atoms with Crippen LogP contribution < -0.4 is 4.72 Å². The molecule has 0 unspecified atom stereocenters. The molecule has 0 aliphatic carbocycles. The molecule has 1 atom stereocenters. The lowest BCUT2D eigenvalue weighted by Crippen LogP contribution is -2.38. The lowest BCUT2D eigenvalue weighted by Gasteiger charge is -2.13. The summed E-state index contributed by atoms with van der Waals surface area (Å²) in [5, 5.41) is 8.84. The number of carbonyl (C=O) groups excluding carboxylic acids is 1. The molecule has 0 saturated carbocycles. The summed E-state index contributed by atoms with van der Waals surface area (Å²) in [6.07, 6.45) is 0.809. The summed E-state index contributed by atoms with van der Waals surface area (Å²) in [5.41, 5.74) is 0. The molecule has 2 N–H and O–H groups in total. The van der Waals surface area contributed by atoms with Gasteiger partial charge in [-0.05, 0) is 12.8 Å². The maximum Gasteiger partial charge on any atom is 0.305 e. The van der Waals surface area contributed by atoms with E-state index >= 15 is 0 Å². The van der Waals surface area contributed by atoms with Crippen molar-refractivity contribution in [3.05, 3.63) is 0 Å². The molecular formula is C9H19NO5S. The third kappa shape index (κ3) is 6.76. The first-order valence-electron chi connectivity index (χ1n) is 5.12. The maximum absolute atomic E-state index is 11.5. The molecule has 16 heavy (non-hydrogen) atoms. The SMILES string of the molecule is CC[C@@H](CO)NS(=O)(=O)CCCC(=O)OC. The van der Waals surface area contributed by atoms with Crippen molar-refractivity contribution in [3.63, 3.8) is 0 Å². The molecule has 0 aliphatic heterocycles. The van der Waals surface area contributed by atoms with Crippen LogP contribution in [-0.4, -0.2) is 45.0 Å². The number of esters is 1. The third-order valence-electron chi connectivity index (χ3n) is 2.08. The van der Waals surface area contributed by atoms with E-state index in [0.717, 1.165) is 0 Å². The van der Waals surface area contributed by atoms with Crippen LogP contribution >= 0.6 is 0 Å². The van der Waals surface area contributed by atoms with E-state index in [1.165, 1.54) is 7.11 Å². The fourth-order valence-electron chi connectivity index (χ4n) is 1.07. The monoisotopic (exact) mass is 253 g/mol. The highest BCUT2D eigenvalue weighted by Crippen LogP contribution is 1.99. The van der Waals surface area contributed by atoms with Gasteiger partial charge in [-0.3, -0.25) is 4.79 Å². The molecule has 0 radical (unpaired) electrons. The Hall–Kier alpha value is -0.660. The molecule has 0 aliphatic rings. The van der Waals surface area contributed by atoms with Crippen LogP contribution in [0.4, 0.5) is 0 Å². The average molecular weight is 253 g/mol. The molecule has 96 valence electrons. The van der Waals surface area contributed by atoms with Gasteiger partial charge >= 0.3 is 5.97 Å². The highest BCUT2D eigenvalue weighted by atomic mass is 32.2. The van der Waals surface area contributed by atoms with Gasteiger partial charge in [-0.2, -0.15) is 0 Å². The minimum Gasteiger partial charge on any atom is -0.469 e. The molecular weight excluding hydrogens is 234 g/mol. The first kappa shape index (κ1) is 15.3. The van der Waals surface area contributed by atoms with Gasteiger partial charge in [0.05, 0.1) is 19.5 Å². The molecule has 0 aromatic rings. The second-order valence-corrected chi connectivity index (χ2v) is 5.28. The van der Waals surface area contributed by atoms with Crippen molar-refractivity contribution in [1.82, 2.24) is 4.72 Å². The fraction of sp³-hybridized carbons (Fsp3) is 0.889. The molecule has 6 nitrogen and oxygen atoms in total. The Bertz CT molecular complexity index is 297. The zero-order chi connectivity index (χ0) is 12.6. The van der Waals surface area contributed by atoms with Crippen LogP contribution in [0.5, 0.6) is 0 Å². The summed E-state index contributed by atoms with van der Waals surface area (Å²) in [6, 6.07) is -0.455. The number of methoxy groups -OCH3 is 1. The Morgan fingerprint density at radius 2 is 2.12 bits per heavy atom. The summed E-state index contributed by atoms with van der Waals surface area (Å²) in [7, 11) is -2.17. The zero-order valence-electron chi connectivity index (χ0n) is 9.60. The van der Waals surface area contributed by atoms with Gasteiger partial charge in [0.15, 0.2) is 0 Å². The van der Waals surface area contributed by atoms with E-state index in [4.69, 9.17) is 5.11 Å². The van der Waals surface area contributed by atoms with Crippen molar-refractivity contribution >= 4 is 16.0 Å². The Kier molecular flexibility index (Phi) is 7.27. The van der Waals surface area contributed by atoms with Crippen LogP contribution in [0.25, 0.3) is 0 Å². The maximum atomic E-state index is 11.5. The van der Waals surface area contributed by atoms with Gasteiger partial charge in [0.1, 0.15) is 0 Å². The quantitative estimate of drug-likeness (QED) is 0.576. The standard InChI is InChI=1S/C9H19NO5S/c1-3-8(7-11)10-16(13,14)6-4-5-9(12)15-2/h8,10-11H,3-7H2,1-2H3/t8-/m0/s1. The number of ether oxygens (including phenoxy) is 1. The van der Waals surface area contributed by atoms with Crippen molar-refractivity contribution in [2.24, 2.45) is 0 Å². The Morgan fingerprint density at radius 1 is 1.50 bits per heavy atom. The Labute approximate surface area is 96.0 Å². The van der Waals surface area contributed by atoms with Crippen LogP contribution in [0.3, 0.4) is 0 Å². The topological polar surface area (TPSA) is 92.7 Å². The van der Waals surface area contributed by atoms with Crippen molar-refractivity contribution in [3.8, 4) is 0 Å². The van der Waals surface area contributed by atoms with Gasteiger partial charge in [-0.25, -0.2) is 13.1 Å². The van der Waals surface area contributed by atoms with E-state index in [0.29, 0.717) is 6.42 Å². The summed E-state index contributed by atoms with van der Waals surface area (Å²) in [6.45, 7) is 1.55. The van der Waals surface area contributed by atoms with E-state index < -0.39 is 22.0 Å². The molecule has 0 rings (SSSR count). The molecule has 0 saturated heterocycles. The first-order valence-corrected chi connectivity index (χ1v) is 6.78. The lowest BCUT2D eigenvalue weighted by molar-refractivity contribution is -0.140. The Balaban J connectivity index is 4.01. The number of hydrogen-bond acceptors (Lipinski definition) is 5. The molecule has 7 heteroatoms. The minimum absolute atomic E-state index is 0.0767. The van der Waals surface area contributed by atoms with Crippen molar-refractivity contribution in [1.29, 1.82) is 0 Å². The summed E-state index contributed by atoms with van der Waals surface area (Å²) in [5.74, 6) is -0.567. The predicted octanol–water partition coefficient (Wildman–Crippen LogP) is -0.370. The highest BCUT2D eigenvalue weighted by molar-refractivity contribution is 7.89. The van der Waals surface area contributed by atoms with E-state index in [1.807, 2.05) is 0 Å². The van der Waals surface area contributed by atoms with Crippen molar-refractivity contribution < 1.29 is 23.1 Å². The summed E-state index contributed by atoms with van der Waals surface area (Å²) in [4.78, 5) is 10.8. The van der Waals surface area contributed by atoms with E-state index in [-0.39, 0.29) is 25.2 Å². The van der Waals surface area contributed by atoms with Crippen LogP contribution in [0.2, 0.25) is 0 Å². The normalized spacial score (nSPS) is 13.4. The summed E-state index contributed by atoms with van der Waals surface area (Å²) < 4.78 is 29.7. The number of aliphatic hydroxyl groups excluding tert-OH is 1. The number of sulfonamides is 1. The molecule has 0 fully saturated rings. The Morgan fingerprint density at radius 3 is 2.56 bits per heavy atom. The molecule has 0 heterocycles. The minimum atomic E-state index is -3.43. The molecule has 0 spiro atoms. The number of nitrogens with one attached hydrogen (secondary N) is 1. The van der Waals surface area contributed by atoms with Crippen LogP contribution in [0.15, 0.2) is 0 Å². The number of carbonyl (C=O) groups is 1. The van der Waals surface area contributed by atoms with E-state index in [1.54, 1.807) is 6.92 Å². The number of hydrogen-bond donors (Lipinski definition) is 2. The molecule has 0 bridgehead atoms. The van der Waals surface area contributed by atoms with Crippen LogP contribution in [-0.2, 0) is 19.6 Å². The number of rotatable bonds is 8. The number of aliphatic hydroxyl groups is 1. The van der Waals surface area contributed by atoms with Gasteiger partial charge in [0.25, 0.3) is 0 Å². The van der Waals surface area contributed by atoms with Gasteiger partial charge in [-0.1, -0.05) is 6.92 Å². The van der Waals surface area contributed by atoms with Crippen molar-refractivity contribution in [2.45, 2.75) is 32.2 Å². The van der Waals surface area contributed by atoms with Gasteiger partial charge in [0, 0.05) is 12.5 Å². The molecule has 0 aromatic heterocycles. The van der Waals surface area contributed by atoms with Gasteiger partial charge in [-0.15, -0.1) is 0 Å². The smallest absolute Gasteiger partial charge is 0.305 e. The third-order valence-corrected chi connectivity index (χ3v) is 3.60. The average Bonchev–Trinajstić information content (AvgIpc) is 2.25. The van der Waals surface area contributed by atoms with Crippen molar-refractivity contribution in [2.75, 3.05) is 19.5 Å². The molecule has 0 aromatic carbocycles. The van der Waals surface area contributed by atoms with Crippen LogP contribution in [0, 0.1) is 0 Å². The first-order chi connectivity index (χ1) is 7.45. The van der Waals surface area contributed by atoms with E-state index in [9.17, 15) is 13.2 Å². The lowest BCUT2D eigenvalue weighted by atomic mass is 10.3. The predicted molar refractivity (Wildman–Crippen MR) is 59.3 cm³/mol. The van der Waals surface area contributed by atoms with E-state index in [2.05, 4.69) is 9.46 Å². The second-order valence-electron chi connectivity index (χ2n) is 3.40. The largest absolute Gasteiger partial charge is 0.469 e. The zero-order valence-corrected chi connectivity index (χ0v) is 10.4. The summed E-state index contributed by atoms with van der Waals surface area (Å²) >= 11 is 0. The second kappa shape index (κ2) is 7.59. The molecule has 0 amide bonds. The van der Waals surface area contributed by atoms with Gasteiger partial charge in [0.2, 0.25) is 10.0 Å². The fourth-order valence-corrected chi connectivity index (χ4v) is 2.46. The van der Waals surface area contributed by atoms with Gasteiger partial charge < -0.3 is 9.84 Å². The highest BCUT2D eigenvalue weighted by Gasteiger charge is 2.16.